The molecule has 0 aliphatic carbocycles. The minimum absolute atomic E-state index is 0.245. The van der Waals surface area contributed by atoms with Crippen LogP contribution in [0.2, 0.25) is 0 Å². The van der Waals surface area contributed by atoms with Crippen molar-refractivity contribution in [3.8, 4) is 0 Å². The standard InChI is InChI=1S/C19H17BrN4O/c1-13-2-4-17(16(20)10-13)24-19(25)18-5-3-15(12-23-18)22-11-14-6-8-21-9-7-14/h2-10,12,22H,11H2,1H3,(H,24,25). The topological polar surface area (TPSA) is 66.9 Å². The van der Waals surface area contributed by atoms with E-state index in [4.69, 9.17) is 0 Å². The van der Waals surface area contributed by atoms with Crippen LogP contribution in [0.15, 0.2) is 65.5 Å². The second kappa shape index (κ2) is 7.90. The number of carbonyl (C=O) groups excluding carboxylic acids is 1. The zero-order valence-corrected chi connectivity index (χ0v) is 15.2. The first-order valence-corrected chi connectivity index (χ1v) is 8.57. The fourth-order valence-corrected chi connectivity index (χ4v) is 2.84. The lowest BCUT2D eigenvalue weighted by Crippen LogP contribution is -2.14. The predicted molar refractivity (Wildman–Crippen MR) is 103 cm³/mol. The van der Waals surface area contributed by atoms with E-state index in [0.717, 1.165) is 27.0 Å². The number of amides is 1. The van der Waals surface area contributed by atoms with Crippen LogP contribution in [0.1, 0.15) is 21.6 Å². The third kappa shape index (κ3) is 4.64. The Morgan fingerprint density at radius 3 is 2.60 bits per heavy atom. The first-order valence-electron chi connectivity index (χ1n) is 7.78. The molecule has 126 valence electrons. The molecule has 0 bridgehead atoms. The van der Waals surface area contributed by atoms with Gasteiger partial charge in [0, 0.05) is 23.4 Å². The minimum atomic E-state index is -0.245. The molecule has 2 heterocycles. The van der Waals surface area contributed by atoms with Gasteiger partial charge in [-0.25, -0.2) is 4.98 Å². The summed E-state index contributed by atoms with van der Waals surface area (Å²) in [6.07, 6.45) is 5.16. The van der Waals surface area contributed by atoms with Crippen LogP contribution in [-0.2, 0) is 6.54 Å². The largest absolute Gasteiger partial charge is 0.380 e. The number of hydrogen-bond donors (Lipinski definition) is 2. The average Bonchev–Trinajstić information content (AvgIpc) is 2.63. The Hall–Kier alpha value is -2.73. The summed E-state index contributed by atoms with van der Waals surface area (Å²) in [4.78, 5) is 20.5. The number of rotatable bonds is 5. The van der Waals surface area contributed by atoms with Crippen LogP contribution in [0, 0.1) is 6.92 Å². The van der Waals surface area contributed by atoms with Crippen molar-refractivity contribution in [2.24, 2.45) is 0 Å². The van der Waals surface area contributed by atoms with Crippen molar-refractivity contribution in [2.45, 2.75) is 13.5 Å². The number of nitrogens with zero attached hydrogens (tertiary/aromatic N) is 2. The zero-order valence-electron chi connectivity index (χ0n) is 13.7. The summed E-state index contributed by atoms with van der Waals surface area (Å²) >= 11 is 3.45. The number of benzene rings is 1. The zero-order chi connectivity index (χ0) is 17.6. The SMILES string of the molecule is Cc1ccc(NC(=O)c2ccc(NCc3ccncc3)cn2)c(Br)c1. The first kappa shape index (κ1) is 17.1. The maximum Gasteiger partial charge on any atom is 0.274 e. The third-order valence-electron chi connectivity index (χ3n) is 3.61. The number of halogens is 1. The highest BCUT2D eigenvalue weighted by Gasteiger charge is 2.09. The molecule has 0 radical (unpaired) electrons. The molecule has 0 aliphatic rings. The number of hydrogen-bond acceptors (Lipinski definition) is 4. The van der Waals surface area contributed by atoms with E-state index in [0.29, 0.717) is 12.2 Å². The van der Waals surface area contributed by atoms with Crippen molar-refractivity contribution in [1.29, 1.82) is 0 Å². The quantitative estimate of drug-likeness (QED) is 0.669. The van der Waals surface area contributed by atoms with Gasteiger partial charge in [0.05, 0.1) is 17.6 Å². The average molecular weight is 397 g/mol. The normalized spacial score (nSPS) is 10.3. The molecule has 6 heteroatoms. The van der Waals surface area contributed by atoms with Crippen molar-refractivity contribution in [3.05, 3.63) is 82.3 Å². The molecule has 3 aromatic rings. The van der Waals surface area contributed by atoms with Gasteiger partial charge in [0.15, 0.2) is 0 Å². The van der Waals surface area contributed by atoms with Gasteiger partial charge in [-0.2, -0.15) is 0 Å². The van der Waals surface area contributed by atoms with E-state index in [9.17, 15) is 4.79 Å². The summed E-state index contributed by atoms with van der Waals surface area (Å²) in [6, 6.07) is 13.2. The second-order valence-electron chi connectivity index (χ2n) is 5.58. The Bertz CT molecular complexity index is 866. The van der Waals surface area contributed by atoms with Crippen molar-refractivity contribution in [3.63, 3.8) is 0 Å². The van der Waals surface area contributed by atoms with Gasteiger partial charge in [-0.05, 0) is 70.4 Å². The molecule has 2 aromatic heterocycles. The van der Waals surface area contributed by atoms with Crippen LogP contribution in [0.4, 0.5) is 11.4 Å². The Labute approximate surface area is 154 Å². The molecule has 1 aromatic carbocycles. The third-order valence-corrected chi connectivity index (χ3v) is 4.27. The highest BCUT2D eigenvalue weighted by Crippen LogP contribution is 2.23. The maximum atomic E-state index is 12.3. The molecule has 5 nitrogen and oxygen atoms in total. The maximum absolute atomic E-state index is 12.3. The van der Waals surface area contributed by atoms with E-state index in [1.165, 1.54) is 0 Å². The van der Waals surface area contributed by atoms with Crippen LogP contribution in [0.3, 0.4) is 0 Å². The van der Waals surface area contributed by atoms with Gasteiger partial charge in [-0.15, -0.1) is 0 Å². The van der Waals surface area contributed by atoms with Crippen molar-refractivity contribution in [2.75, 3.05) is 10.6 Å². The summed E-state index contributed by atoms with van der Waals surface area (Å²) in [5, 5.41) is 6.12. The van der Waals surface area contributed by atoms with Crippen LogP contribution in [0.25, 0.3) is 0 Å². The molecule has 25 heavy (non-hydrogen) atoms. The summed E-state index contributed by atoms with van der Waals surface area (Å²) < 4.78 is 0.844. The monoisotopic (exact) mass is 396 g/mol. The number of anilines is 2. The van der Waals surface area contributed by atoms with Crippen molar-refractivity contribution in [1.82, 2.24) is 9.97 Å². The van der Waals surface area contributed by atoms with E-state index in [2.05, 4.69) is 36.5 Å². The highest BCUT2D eigenvalue weighted by molar-refractivity contribution is 9.10. The van der Waals surface area contributed by atoms with Crippen LogP contribution < -0.4 is 10.6 Å². The van der Waals surface area contributed by atoms with Crippen molar-refractivity contribution >= 4 is 33.2 Å². The number of carbonyl (C=O) groups is 1. The van der Waals surface area contributed by atoms with Crippen LogP contribution in [-0.4, -0.2) is 15.9 Å². The predicted octanol–water partition coefficient (Wildman–Crippen LogP) is 4.41. The lowest BCUT2D eigenvalue weighted by molar-refractivity contribution is 0.102. The summed E-state index contributed by atoms with van der Waals surface area (Å²) in [6.45, 7) is 2.67. The van der Waals surface area contributed by atoms with Gasteiger partial charge in [0.2, 0.25) is 0 Å². The molecule has 0 saturated heterocycles. The Balaban J connectivity index is 1.62. The molecule has 0 fully saturated rings. The van der Waals surface area contributed by atoms with E-state index in [-0.39, 0.29) is 5.91 Å². The fourth-order valence-electron chi connectivity index (χ4n) is 2.25. The van der Waals surface area contributed by atoms with Gasteiger partial charge < -0.3 is 10.6 Å². The van der Waals surface area contributed by atoms with Gasteiger partial charge in [-0.1, -0.05) is 6.07 Å². The number of pyridine rings is 2. The van der Waals surface area contributed by atoms with Gasteiger partial charge >= 0.3 is 0 Å². The molecule has 2 N–H and O–H groups in total. The molecule has 3 rings (SSSR count). The molecule has 0 aliphatic heterocycles. The van der Waals surface area contributed by atoms with E-state index in [1.54, 1.807) is 24.7 Å². The van der Waals surface area contributed by atoms with Gasteiger partial charge in [0.1, 0.15) is 5.69 Å². The molecule has 1 amide bonds. The smallest absolute Gasteiger partial charge is 0.274 e. The number of nitrogens with one attached hydrogen (secondary N) is 2. The molecular formula is C19H17BrN4O. The van der Waals surface area contributed by atoms with Crippen LogP contribution >= 0.6 is 15.9 Å². The van der Waals surface area contributed by atoms with E-state index in [1.807, 2.05) is 43.3 Å². The lowest BCUT2D eigenvalue weighted by Gasteiger charge is -2.09. The molecule has 0 saturated carbocycles. The number of aromatic nitrogens is 2. The van der Waals surface area contributed by atoms with Gasteiger partial charge in [-0.3, -0.25) is 9.78 Å². The van der Waals surface area contributed by atoms with Gasteiger partial charge in [0.25, 0.3) is 5.91 Å². The summed E-state index contributed by atoms with van der Waals surface area (Å²) in [7, 11) is 0. The summed E-state index contributed by atoms with van der Waals surface area (Å²) in [5.74, 6) is -0.245. The molecule has 0 atom stereocenters. The molecular weight excluding hydrogens is 380 g/mol. The minimum Gasteiger partial charge on any atom is -0.380 e. The van der Waals surface area contributed by atoms with Crippen molar-refractivity contribution < 1.29 is 4.79 Å². The Morgan fingerprint density at radius 2 is 1.92 bits per heavy atom. The second-order valence-corrected chi connectivity index (χ2v) is 6.43. The van der Waals surface area contributed by atoms with E-state index >= 15 is 0 Å². The summed E-state index contributed by atoms with van der Waals surface area (Å²) in [5.41, 5.74) is 4.18. The van der Waals surface area contributed by atoms with E-state index < -0.39 is 0 Å². The Morgan fingerprint density at radius 1 is 1.12 bits per heavy atom. The highest BCUT2D eigenvalue weighted by atomic mass is 79.9. The molecule has 0 unspecified atom stereocenters. The number of aryl methyl sites for hydroxylation is 1. The molecule has 0 spiro atoms. The fraction of sp³-hybridized carbons (Fsp3) is 0.105. The van der Waals surface area contributed by atoms with Crippen LogP contribution in [0.5, 0.6) is 0 Å². The Kier molecular flexibility index (Phi) is 5.40. The first-order chi connectivity index (χ1) is 12.1. The lowest BCUT2D eigenvalue weighted by atomic mass is 10.2.